The molecule has 9 heteroatoms. The minimum Gasteiger partial charge on any atom is -0.494 e. The normalized spacial score (nSPS) is 11.2. The summed E-state index contributed by atoms with van der Waals surface area (Å²) in [6.45, 7) is 5.52. The number of hydrogen-bond acceptors (Lipinski definition) is 5. The monoisotopic (exact) mass is 486 g/mol. The van der Waals surface area contributed by atoms with E-state index >= 15 is 0 Å². The predicted molar refractivity (Wildman–Crippen MR) is 129 cm³/mol. The van der Waals surface area contributed by atoms with Crippen LogP contribution in [0.15, 0.2) is 77.7 Å². The maximum Gasteiger partial charge on any atom is 0.264 e. The van der Waals surface area contributed by atoms with E-state index in [2.05, 4.69) is 5.32 Å². The number of rotatable bonds is 10. The molecule has 0 spiro atoms. The van der Waals surface area contributed by atoms with Gasteiger partial charge in [-0.2, -0.15) is 0 Å². The molecule has 0 saturated heterocycles. The molecule has 3 aromatic carbocycles. The van der Waals surface area contributed by atoms with Crippen molar-refractivity contribution in [2.45, 2.75) is 31.8 Å². The number of amides is 1. The zero-order valence-electron chi connectivity index (χ0n) is 19.2. The van der Waals surface area contributed by atoms with Gasteiger partial charge in [-0.1, -0.05) is 6.07 Å². The van der Waals surface area contributed by atoms with Gasteiger partial charge in [0.25, 0.3) is 10.0 Å². The zero-order valence-corrected chi connectivity index (χ0v) is 20.0. The first-order valence-electron chi connectivity index (χ1n) is 10.8. The molecule has 0 aliphatic rings. The Kier molecular flexibility index (Phi) is 8.12. The molecule has 0 fully saturated rings. The van der Waals surface area contributed by atoms with Crippen LogP contribution in [-0.2, 0) is 14.8 Å². The van der Waals surface area contributed by atoms with Crippen LogP contribution >= 0.6 is 0 Å². The number of sulfonamides is 1. The van der Waals surface area contributed by atoms with Gasteiger partial charge in [0.05, 0.1) is 23.3 Å². The number of ether oxygens (including phenoxy) is 2. The first kappa shape index (κ1) is 25.0. The Morgan fingerprint density at radius 1 is 1.00 bits per heavy atom. The summed E-state index contributed by atoms with van der Waals surface area (Å²) in [4.78, 5) is 12.8. The van der Waals surface area contributed by atoms with Gasteiger partial charge in [-0.25, -0.2) is 12.8 Å². The molecule has 1 N–H and O–H groups in total. The molecule has 3 rings (SSSR count). The van der Waals surface area contributed by atoms with Crippen molar-refractivity contribution < 1.29 is 27.1 Å². The Balaban J connectivity index is 1.87. The summed E-state index contributed by atoms with van der Waals surface area (Å²) in [7, 11) is -4.14. The van der Waals surface area contributed by atoms with Crippen molar-refractivity contribution in [2.75, 3.05) is 22.8 Å². The van der Waals surface area contributed by atoms with E-state index in [0.717, 1.165) is 16.4 Å². The Labute approximate surface area is 199 Å². The number of nitrogens with one attached hydrogen (secondary N) is 1. The highest BCUT2D eigenvalue weighted by Crippen LogP contribution is 2.26. The van der Waals surface area contributed by atoms with Crippen LogP contribution in [0.2, 0.25) is 0 Å². The third kappa shape index (κ3) is 6.48. The van der Waals surface area contributed by atoms with E-state index in [-0.39, 0.29) is 16.7 Å². The van der Waals surface area contributed by atoms with E-state index in [1.807, 2.05) is 20.8 Å². The number of carbonyl (C=O) groups excluding carboxylic acids is 1. The molecule has 7 nitrogen and oxygen atoms in total. The summed E-state index contributed by atoms with van der Waals surface area (Å²) in [5, 5.41) is 2.70. The highest BCUT2D eigenvalue weighted by atomic mass is 32.2. The molecule has 0 heterocycles. The van der Waals surface area contributed by atoms with E-state index < -0.39 is 28.3 Å². The molecular formula is C25H27FN2O5S. The van der Waals surface area contributed by atoms with Crippen molar-refractivity contribution in [3.05, 3.63) is 78.6 Å². The van der Waals surface area contributed by atoms with Crippen LogP contribution < -0.4 is 19.1 Å². The molecule has 0 atom stereocenters. The lowest BCUT2D eigenvalue weighted by atomic mass is 10.3. The first-order chi connectivity index (χ1) is 16.2. The lowest BCUT2D eigenvalue weighted by Gasteiger charge is -2.24. The van der Waals surface area contributed by atoms with Gasteiger partial charge in [-0.05, 0) is 81.4 Å². The molecule has 0 bridgehead atoms. The van der Waals surface area contributed by atoms with Crippen LogP contribution in [-0.4, -0.2) is 33.6 Å². The Morgan fingerprint density at radius 3 is 2.29 bits per heavy atom. The highest BCUT2D eigenvalue weighted by molar-refractivity contribution is 7.92. The molecule has 0 aliphatic carbocycles. The van der Waals surface area contributed by atoms with Crippen LogP contribution in [0.3, 0.4) is 0 Å². The third-order valence-electron chi connectivity index (χ3n) is 4.61. The number of carbonyl (C=O) groups is 1. The van der Waals surface area contributed by atoms with Crippen molar-refractivity contribution in [1.29, 1.82) is 0 Å². The van der Waals surface area contributed by atoms with Gasteiger partial charge in [-0.3, -0.25) is 9.10 Å². The number of hydrogen-bond donors (Lipinski definition) is 1. The van der Waals surface area contributed by atoms with Crippen LogP contribution in [0.5, 0.6) is 11.5 Å². The van der Waals surface area contributed by atoms with E-state index in [1.54, 1.807) is 36.4 Å². The van der Waals surface area contributed by atoms with Gasteiger partial charge < -0.3 is 14.8 Å². The largest absolute Gasteiger partial charge is 0.494 e. The van der Waals surface area contributed by atoms with Gasteiger partial charge in [0.1, 0.15) is 23.9 Å². The van der Waals surface area contributed by atoms with Crippen molar-refractivity contribution in [3.63, 3.8) is 0 Å². The second kappa shape index (κ2) is 11.0. The minimum atomic E-state index is -4.14. The van der Waals surface area contributed by atoms with E-state index in [0.29, 0.717) is 23.8 Å². The Hall–Kier alpha value is -3.59. The van der Waals surface area contributed by atoms with Crippen LogP contribution in [0.1, 0.15) is 20.8 Å². The minimum absolute atomic E-state index is 0.0274. The summed E-state index contributed by atoms with van der Waals surface area (Å²) in [6, 6.07) is 17.6. The lowest BCUT2D eigenvalue weighted by molar-refractivity contribution is -0.114. The third-order valence-corrected chi connectivity index (χ3v) is 6.40. The zero-order chi connectivity index (χ0) is 24.7. The molecular weight excluding hydrogens is 459 g/mol. The fourth-order valence-electron chi connectivity index (χ4n) is 3.17. The number of benzene rings is 3. The maximum atomic E-state index is 13.5. The predicted octanol–water partition coefficient (Wildman–Crippen LogP) is 4.85. The molecule has 0 unspecified atom stereocenters. The smallest absolute Gasteiger partial charge is 0.264 e. The van der Waals surface area contributed by atoms with Gasteiger partial charge in [0.2, 0.25) is 5.91 Å². The maximum absolute atomic E-state index is 13.5. The summed E-state index contributed by atoms with van der Waals surface area (Å²) < 4.78 is 52.3. The molecule has 0 saturated carbocycles. The van der Waals surface area contributed by atoms with Crippen molar-refractivity contribution in [2.24, 2.45) is 0 Å². The Bertz CT molecular complexity index is 1210. The van der Waals surface area contributed by atoms with Crippen molar-refractivity contribution in [3.8, 4) is 11.5 Å². The average molecular weight is 487 g/mol. The summed E-state index contributed by atoms with van der Waals surface area (Å²) >= 11 is 0. The van der Waals surface area contributed by atoms with Crippen LogP contribution in [0, 0.1) is 5.82 Å². The van der Waals surface area contributed by atoms with Crippen LogP contribution in [0.4, 0.5) is 15.8 Å². The number of anilines is 2. The van der Waals surface area contributed by atoms with E-state index in [4.69, 9.17) is 9.47 Å². The average Bonchev–Trinajstić information content (AvgIpc) is 2.78. The Morgan fingerprint density at radius 2 is 1.68 bits per heavy atom. The highest BCUT2D eigenvalue weighted by Gasteiger charge is 2.27. The summed E-state index contributed by atoms with van der Waals surface area (Å²) in [5.74, 6) is 0.00958. The quantitative estimate of drug-likeness (QED) is 0.443. The van der Waals surface area contributed by atoms with Crippen molar-refractivity contribution >= 4 is 27.3 Å². The van der Waals surface area contributed by atoms with E-state index in [1.165, 1.54) is 24.3 Å². The van der Waals surface area contributed by atoms with Gasteiger partial charge in [0, 0.05) is 11.8 Å². The molecule has 180 valence electrons. The topological polar surface area (TPSA) is 84.9 Å². The number of halogens is 1. The van der Waals surface area contributed by atoms with Crippen molar-refractivity contribution in [1.82, 2.24) is 0 Å². The lowest BCUT2D eigenvalue weighted by Crippen LogP contribution is -2.38. The van der Waals surface area contributed by atoms with Gasteiger partial charge in [0.15, 0.2) is 0 Å². The molecule has 0 radical (unpaired) electrons. The van der Waals surface area contributed by atoms with Crippen LogP contribution in [0.25, 0.3) is 0 Å². The molecule has 1 amide bonds. The molecule has 0 aromatic heterocycles. The molecule has 34 heavy (non-hydrogen) atoms. The standard InChI is InChI=1S/C25H27FN2O5S/c1-4-32-22-12-14-24(15-13-22)34(30,31)28(21-10-8-19(26)9-11-21)17-25(29)27-20-6-5-7-23(16-20)33-18(2)3/h5-16,18H,4,17H2,1-3H3,(H,27,29). The van der Waals surface area contributed by atoms with E-state index in [9.17, 15) is 17.6 Å². The first-order valence-corrected chi connectivity index (χ1v) is 12.2. The molecule has 0 aliphatic heterocycles. The second-order valence-electron chi connectivity index (χ2n) is 7.64. The van der Waals surface area contributed by atoms with Gasteiger partial charge in [-0.15, -0.1) is 0 Å². The van der Waals surface area contributed by atoms with Gasteiger partial charge >= 0.3 is 0 Å². The second-order valence-corrected chi connectivity index (χ2v) is 9.50. The fourth-order valence-corrected chi connectivity index (χ4v) is 4.60. The molecule has 3 aromatic rings. The summed E-state index contributed by atoms with van der Waals surface area (Å²) in [6.07, 6.45) is -0.0424. The fraction of sp³-hybridized carbons (Fsp3) is 0.240. The summed E-state index contributed by atoms with van der Waals surface area (Å²) in [5.41, 5.74) is 0.614. The number of nitrogens with zero attached hydrogens (tertiary/aromatic N) is 1. The SMILES string of the molecule is CCOc1ccc(S(=O)(=O)N(CC(=O)Nc2cccc(OC(C)C)c2)c2ccc(F)cc2)cc1.